The Morgan fingerprint density at radius 1 is 1.08 bits per heavy atom. The van der Waals surface area contributed by atoms with Gasteiger partial charge in [0.05, 0.1) is 24.8 Å². The lowest BCUT2D eigenvalue weighted by Crippen LogP contribution is -2.14. The predicted molar refractivity (Wildman–Crippen MR) is 101 cm³/mol. The Morgan fingerprint density at radius 3 is 2.54 bits per heavy atom. The molecule has 0 aliphatic carbocycles. The van der Waals surface area contributed by atoms with E-state index in [0.29, 0.717) is 22.1 Å². The molecular formula is C19H15ClO5S. The molecule has 0 spiro atoms. The summed E-state index contributed by atoms with van der Waals surface area (Å²) >= 11 is 7.49. The van der Waals surface area contributed by atoms with Crippen LogP contribution >= 0.6 is 22.9 Å². The number of esters is 1. The molecule has 0 saturated heterocycles. The molecule has 3 aromatic rings. The number of rotatable bonds is 6. The summed E-state index contributed by atoms with van der Waals surface area (Å²) in [6.45, 7) is -0.411. The van der Waals surface area contributed by atoms with Crippen LogP contribution in [-0.2, 0) is 4.74 Å². The van der Waals surface area contributed by atoms with Crippen LogP contribution in [0.2, 0.25) is 5.02 Å². The minimum atomic E-state index is -0.628. The van der Waals surface area contributed by atoms with E-state index in [1.54, 1.807) is 18.2 Å². The molecule has 0 aliphatic heterocycles. The second kappa shape index (κ2) is 7.76. The van der Waals surface area contributed by atoms with Crippen LogP contribution in [0.3, 0.4) is 0 Å². The number of methoxy groups -OCH3 is 2. The molecule has 0 saturated carbocycles. The van der Waals surface area contributed by atoms with Crippen LogP contribution < -0.4 is 9.47 Å². The summed E-state index contributed by atoms with van der Waals surface area (Å²) in [6.07, 6.45) is 0. The fraction of sp³-hybridized carbons (Fsp3) is 0.158. The summed E-state index contributed by atoms with van der Waals surface area (Å²) in [4.78, 5) is 25.0. The van der Waals surface area contributed by atoms with Gasteiger partial charge < -0.3 is 14.2 Å². The van der Waals surface area contributed by atoms with Gasteiger partial charge in [0.1, 0.15) is 16.4 Å². The molecule has 134 valence electrons. The first kappa shape index (κ1) is 18.2. The minimum absolute atomic E-state index is 0.280. The van der Waals surface area contributed by atoms with Crippen LogP contribution in [0.4, 0.5) is 0 Å². The topological polar surface area (TPSA) is 61.8 Å². The molecule has 0 aliphatic rings. The molecular weight excluding hydrogens is 376 g/mol. The number of thiophene rings is 1. The third-order valence-corrected chi connectivity index (χ3v) is 5.42. The maximum absolute atomic E-state index is 12.4. The van der Waals surface area contributed by atoms with Gasteiger partial charge in [0.25, 0.3) is 0 Å². The van der Waals surface area contributed by atoms with Gasteiger partial charge in [-0.1, -0.05) is 29.8 Å². The van der Waals surface area contributed by atoms with Gasteiger partial charge in [-0.25, -0.2) is 4.79 Å². The molecule has 0 fully saturated rings. The molecule has 0 radical (unpaired) electrons. The Morgan fingerprint density at radius 2 is 1.85 bits per heavy atom. The molecule has 3 rings (SSSR count). The zero-order chi connectivity index (χ0) is 18.7. The summed E-state index contributed by atoms with van der Waals surface area (Å²) in [5.41, 5.74) is 0.309. The van der Waals surface area contributed by atoms with Crippen LogP contribution in [0.15, 0.2) is 42.5 Å². The monoisotopic (exact) mass is 390 g/mol. The lowest BCUT2D eigenvalue weighted by molar-refractivity contribution is 0.0479. The number of fused-ring (bicyclic) bond motifs is 1. The quantitative estimate of drug-likeness (QED) is 0.454. The number of hydrogen-bond donors (Lipinski definition) is 0. The van der Waals surface area contributed by atoms with Crippen molar-refractivity contribution in [2.24, 2.45) is 0 Å². The van der Waals surface area contributed by atoms with Gasteiger partial charge in [-0.3, -0.25) is 4.79 Å². The molecule has 0 atom stereocenters. The van der Waals surface area contributed by atoms with Crippen molar-refractivity contribution in [2.75, 3.05) is 20.8 Å². The molecule has 2 aromatic carbocycles. The number of Topliss-reactive ketones (excluding diaryl/α,β-unsaturated/α-hetero) is 1. The van der Waals surface area contributed by atoms with Crippen LogP contribution in [0.5, 0.6) is 11.5 Å². The third-order valence-electron chi connectivity index (χ3n) is 3.76. The number of hydrogen-bond acceptors (Lipinski definition) is 6. The van der Waals surface area contributed by atoms with E-state index in [-0.39, 0.29) is 10.7 Å². The number of benzene rings is 2. The Kier molecular flexibility index (Phi) is 5.44. The van der Waals surface area contributed by atoms with E-state index in [0.717, 1.165) is 10.1 Å². The smallest absolute Gasteiger partial charge is 0.350 e. The molecule has 7 heteroatoms. The molecule has 0 amide bonds. The van der Waals surface area contributed by atoms with Crippen molar-refractivity contribution >= 4 is 44.8 Å². The molecule has 0 bridgehead atoms. The van der Waals surface area contributed by atoms with Gasteiger partial charge in [0.15, 0.2) is 6.61 Å². The van der Waals surface area contributed by atoms with Crippen molar-refractivity contribution in [1.29, 1.82) is 0 Å². The van der Waals surface area contributed by atoms with Crippen LogP contribution in [-0.4, -0.2) is 32.6 Å². The van der Waals surface area contributed by atoms with Gasteiger partial charge in [-0.15, -0.1) is 11.3 Å². The normalized spacial score (nSPS) is 10.6. The fourth-order valence-corrected chi connectivity index (χ4v) is 3.85. The maximum atomic E-state index is 12.4. The number of carbonyl (C=O) groups excluding carboxylic acids is 2. The van der Waals surface area contributed by atoms with Crippen molar-refractivity contribution in [3.8, 4) is 11.5 Å². The third kappa shape index (κ3) is 3.52. The average molecular weight is 391 g/mol. The predicted octanol–water partition coefficient (Wildman–Crippen LogP) is 4.61. The minimum Gasteiger partial charge on any atom is -0.497 e. The highest BCUT2D eigenvalue weighted by Gasteiger charge is 2.21. The number of ether oxygens (including phenoxy) is 3. The Labute approximate surface area is 159 Å². The molecule has 5 nitrogen and oxygen atoms in total. The highest BCUT2D eigenvalue weighted by atomic mass is 35.5. The Hall–Kier alpha value is -2.57. The standard InChI is InChI=1S/C19H15ClO5S/c1-23-11-7-8-12(15(9-11)24-2)14(21)10-25-19(22)18-17(20)13-5-3-4-6-16(13)26-18/h3-9H,10H2,1-2H3. The van der Waals surface area contributed by atoms with Crippen molar-refractivity contribution in [3.05, 3.63) is 57.9 Å². The molecule has 1 heterocycles. The second-order valence-corrected chi connectivity index (χ2v) is 6.74. The summed E-state index contributed by atoms with van der Waals surface area (Å²) in [5, 5.41) is 1.12. The Bertz CT molecular complexity index is 979. The first-order valence-corrected chi connectivity index (χ1v) is 8.84. The van der Waals surface area contributed by atoms with E-state index in [1.807, 2.05) is 24.3 Å². The van der Waals surface area contributed by atoms with E-state index in [9.17, 15) is 9.59 Å². The molecule has 26 heavy (non-hydrogen) atoms. The molecule has 0 N–H and O–H groups in total. The summed E-state index contributed by atoms with van der Waals surface area (Å²) < 4.78 is 16.3. The van der Waals surface area contributed by atoms with E-state index in [2.05, 4.69) is 0 Å². The first-order valence-electron chi connectivity index (χ1n) is 7.64. The van der Waals surface area contributed by atoms with Crippen LogP contribution in [0.1, 0.15) is 20.0 Å². The number of halogens is 1. The van der Waals surface area contributed by atoms with Gasteiger partial charge in [0, 0.05) is 16.2 Å². The first-order chi connectivity index (χ1) is 12.5. The van der Waals surface area contributed by atoms with Gasteiger partial charge in [-0.2, -0.15) is 0 Å². The van der Waals surface area contributed by atoms with Crippen molar-refractivity contribution in [1.82, 2.24) is 0 Å². The van der Waals surface area contributed by atoms with E-state index in [1.165, 1.54) is 25.6 Å². The summed E-state index contributed by atoms with van der Waals surface area (Å²) in [7, 11) is 2.97. The van der Waals surface area contributed by atoms with Crippen LogP contribution in [0, 0.1) is 0 Å². The van der Waals surface area contributed by atoms with Crippen LogP contribution in [0.25, 0.3) is 10.1 Å². The fourth-order valence-electron chi connectivity index (χ4n) is 2.45. The summed E-state index contributed by atoms with van der Waals surface area (Å²) in [5.74, 6) is -0.0927. The number of ketones is 1. The SMILES string of the molecule is COc1ccc(C(=O)COC(=O)c2sc3ccccc3c2Cl)c(OC)c1. The van der Waals surface area contributed by atoms with E-state index < -0.39 is 12.6 Å². The van der Waals surface area contributed by atoms with Gasteiger partial charge >= 0.3 is 5.97 Å². The zero-order valence-corrected chi connectivity index (χ0v) is 15.6. The average Bonchev–Trinajstić information content (AvgIpc) is 3.02. The molecule has 1 aromatic heterocycles. The lowest BCUT2D eigenvalue weighted by Gasteiger charge is -2.09. The summed E-state index contributed by atoms with van der Waals surface area (Å²) in [6, 6.07) is 12.2. The highest BCUT2D eigenvalue weighted by Crippen LogP contribution is 2.35. The van der Waals surface area contributed by atoms with Crippen molar-refractivity contribution in [3.63, 3.8) is 0 Å². The van der Waals surface area contributed by atoms with Gasteiger partial charge in [0.2, 0.25) is 5.78 Å². The van der Waals surface area contributed by atoms with Crippen molar-refractivity contribution in [2.45, 2.75) is 0 Å². The number of carbonyl (C=O) groups is 2. The zero-order valence-electron chi connectivity index (χ0n) is 14.1. The Balaban J connectivity index is 1.75. The van der Waals surface area contributed by atoms with E-state index in [4.69, 9.17) is 25.8 Å². The highest BCUT2D eigenvalue weighted by molar-refractivity contribution is 7.21. The largest absolute Gasteiger partial charge is 0.497 e. The lowest BCUT2D eigenvalue weighted by atomic mass is 10.1. The maximum Gasteiger partial charge on any atom is 0.350 e. The van der Waals surface area contributed by atoms with E-state index >= 15 is 0 Å². The molecule has 0 unspecified atom stereocenters. The second-order valence-electron chi connectivity index (χ2n) is 5.31. The van der Waals surface area contributed by atoms with Crippen molar-refractivity contribution < 1.29 is 23.8 Å². The van der Waals surface area contributed by atoms with Gasteiger partial charge in [-0.05, 0) is 18.2 Å².